The lowest BCUT2D eigenvalue weighted by molar-refractivity contribution is -0.124. The summed E-state index contributed by atoms with van der Waals surface area (Å²) in [6, 6.07) is 14.9. The van der Waals surface area contributed by atoms with E-state index in [1.54, 1.807) is 36.4 Å². The average Bonchev–Trinajstić information content (AvgIpc) is 2.67. The van der Waals surface area contributed by atoms with Crippen molar-refractivity contribution < 1.29 is 18.7 Å². The first-order chi connectivity index (χ1) is 13.0. The van der Waals surface area contributed by atoms with Crippen LogP contribution in [-0.4, -0.2) is 25.0 Å². The first-order valence-electron chi connectivity index (χ1n) is 8.24. The maximum Gasteiger partial charge on any atom is 0.374 e. The quantitative estimate of drug-likeness (QED) is 0.659. The van der Waals surface area contributed by atoms with E-state index in [9.17, 15) is 14.4 Å². The molecule has 1 aromatic heterocycles. The highest BCUT2D eigenvalue weighted by atomic mass is 35.5. The van der Waals surface area contributed by atoms with Gasteiger partial charge in [0.25, 0.3) is 5.91 Å². The van der Waals surface area contributed by atoms with Gasteiger partial charge in [0.1, 0.15) is 5.58 Å². The molecule has 0 spiro atoms. The molecular formula is C20H16ClNO5. The zero-order valence-corrected chi connectivity index (χ0v) is 15.0. The summed E-state index contributed by atoms with van der Waals surface area (Å²) < 4.78 is 10.3. The van der Waals surface area contributed by atoms with Crippen LogP contribution in [-0.2, 0) is 16.0 Å². The molecular weight excluding hydrogens is 370 g/mol. The molecule has 7 heteroatoms. The van der Waals surface area contributed by atoms with Crippen LogP contribution in [0.15, 0.2) is 63.8 Å². The summed E-state index contributed by atoms with van der Waals surface area (Å²) in [7, 11) is 0. The Morgan fingerprint density at radius 1 is 1.07 bits per heavy atom. The van der Waals surface area contributed by atoms with E-state index in [0.717, 1.165) is 11.6 Å². The van der Waals surface area contributed by atoms with Crippen LogP contribution in [0.1, 0.15) is 16.1 Å². The Labute approximate surface area is 159 Å². The molecule has 0 fully saturated rings. The molecule has 0 unspecified atom stereocenters. The molecule has 1 N–H and O–H groups in total. The van der Waals surface area contributed by atoms with Gasteiger partial charge in [-0.05, 0) is 36.2 Å². The third kappa shape index (κ3) is 4.95. The van der Waals surface area contributed by atoms with Gasteiger partial charge >= 0.3 is 5.97 Å². The maximum absolute atomic E-state index is 12.0. The number of hydrogen-bond acceptors (Lipinski definition) is 5. The van der Waals surface area contributed by atoms with E-state index >= 15 is 0 Å². The van der Waals surface area contributed by atoms with Gasteiger partial charge in [0.15, 0.2) is 12.0 Å². The second-order valence-corrected chi connectivity index (χ2v) is 6.21. The lowest BCUT2D eigenvalue weighted by atomic mass is 10.1. The Balaban J connectivity index is 1.50. The van der Waals surface area contributed by atoms with Crippen molar-refractivity contribution in [2.75, 3.05) is 13.2 Å². The van der Waals surface area contributed by atoms with Gasteiger partial charge < -0.3 is 14.5 Å². The van der Waals surface area contributed by atoms with Gasteiger partial charge in [-0.15, -0.1) is 0 Å². The van der Waals surface area contributed by atoms with Crippen molar-refractivity contribution in [2.45, 2.75) is 6.42 Å². The molecule has 3 aromatic rings. The molecule has 0 aliphatic heterocycles. The van der Waals surface area contributed by atoms with Gasteiger partial charge in [-0.3, -0.25) is 9.59 Å². The normalized spacial score (nSPS) is 10.6. The number of carbonyl (C=O) groups excluding carboxylic acids is 2. The minimum absolute atomic E-state index is 0.243. The molecule has 6 nitrogen and oxygen atoms in total. The predicted octanol–water partition coefficient (Wildman–Crippen LogP) is 2.96. The van der Waals surface area contributed by atoms with E-state index in [1.165, 1.54) is 0 Å². The van der Waals surface area contributed by atoms with Gasteiger partial charge in [-0.2, -0.15) is 0 Å². The van der Waals surface area contributed by atoms with Crippen LogP contribution in [0, 0.1) is 0 Å². The molecule has 27 heavy (non-hydrogen) atoms. The van der Waals surface area contributed by atoms with Crippen molar-refractivity contribution in [3.8, 4) is 0 Å². The molecule has 0 atom stereocenters. The smallest absolute Gasteiger partial charge is 0.374 e. The van der Waals surface area contributed by atoms with Crippen molar-refractivity contribution in [1.82, 2.24) is 5.32 Å². The fraction of sp³-hybridized carbons (Fsp3) is 0.150. The van der Waals surface area contributed by atoms with E-state index in [4.69, 9.17) is 20.8 Å². The number of rotatable bonds is 6. The number of esters is 1. The minimum atomic E-state index is -0.870. The monoisotopic (exact) mass is 385 g/mol. The van der Waals surface area contributed by atoms with Gasteiger partial charge in [0.05, 0.1) is 5.39 Å². The zero-order chi connectivity index (χ0) is 19.2. The predicted molar refractivity (Wildman–Crippen MR) is 101 cm³/mol. The summed E-state index contributed by atoms with van der Waals surface area (Å²) in [4.78, 5) is 35.8. The summed E-state index contributed by atoms with van der Waals surface area (Å²) in [6.07, 6.45) is 0.621. The summed E-state index contributed by atoms with van der Waals surface area (Å²) in [6.45, 7) is -0.0704. The van der Waals surface area contributed by atoms with Gasteiger partial charge in [0, 0.05) is 17.6 Å². The topological polar surface area (TPSA) is 85.6 Å². The largest absolute Gasteiger partial charge is 0.450 e. The number of fused-ring (bicyclic) bond motifs is 1. The molecule has 0 saturated heterocycles. The molecule has 0 aliphatic carbocycles. The molecule has 0 aliphatic rings. The second kappa shape index (κ2) is 8.51. The number of para-hydroxylation sites is 1. The van der Waals surface area contributed by atoms with Crippen molar-refractivity contribution >= 4 is 34.4 Å². The van der Waals surface area contributed by atoms with E-state index in [2.05, 4.69) is 5.32 Å². The van der Waals surface area contributed by atoms with Crippen molar-refractivity contribution in [3.05, 3.63) is 81.2 Å². The lowest BCUT2D eigenvalue weighted by Gasteiger charge is -2.07. The molecule has 0 bridgehead atoms. The first kappa shape index (κ1) is 18.7. The molecule has 0 saturated carbocycles. The Hall–Kier alpha value is -3.12. The van der Waals surface area contributed by atoms with Gasteiger partial charge in [-0.25, -0.2) is 4.79 Å². The number of nitrogens with one attached hydrogen (secondary N) is 1. The van der Waals surface area contributed by atoms with E-state index in [1.807, 2.05) is 12.1 Å². The zero-order valence-electron chi connectivity index (χ0n) is 14.2. The SMILES string of the molecule is O=C(COC(=O)c1cc(=O)c2ccccc2o1)NCCc1ccc(Cl)cc1. The standard InChI is InChI=1S/C20H16ClNO5/c21-14-7-5-13(6-8-14)9-10-22-19(24)12-26-20(25)18-11-16(23)15-3-1-2-4-17(15)27-18/h1-8,11H,9-10,12H2,(H,22,24). The van der Waals surface area contributed by atoms with E-state index in [-0.39, 0.29) is 16.8 Å². The minimum Gasteiger partial charge on any atom is -0.450 e. The van der Waals surface area contributed by atoms with Crippen LogP contribution in [0.2, 0.25) is 5.02 Å². The van der Waals surface area contributed by atoms with E-state index < -0.39 is 18.5 Å². The fourth-order valence-corrected chi connectivity index (χ4v) is 2.58. The molecule has 138 valence electrons. The highest BCUT2D eigenvalue weighted by Crippen LogP contribution is 2.12. The summed E-state index contributed by atoms with van der Waals surface area (Å²) in [5, 5.41) is 3.67. The Morgan fingerprint density at radius 3 is 2.59 bits per heavy atom. The Morgan fingerprint density at radius 2 is 1.81 bits per heavy atom. The number of benzene rings is 2. The van der Waals surface area contributed by atoms with Crippen molar-refractivity contribution in [1.29, 1.82) is 0 Å². The lowest BCUT2D eigenvalue weighted by Crippen LogP contribution is -2.30. The van der Waals surface area contributed by atoms with Gasteiger partial charge in [-0.1, -0.05) is 35.9 Å². The number of amides is 1. The number of halogens is 1. The van der Waals surface area contributed by atoms with Crippen LogP contribution in [0.25, 0.3) is 11.0 Å². The van der Waals surface area contributed by atoms with Crippen molar-refractivity contribution in [2.24, 2.45) is 0 Å². The van der Waals surface area contributed by atoms with Crippen LogP contribution >= 0.6 is 11.6 Å². The number of carbonyl (C=O) groups is 2. The van der Waals surface area contributed by atoms with Gasteiger partial charge in [0.2, 0.25) is 5.76 Å². The maximum atomic E-state index is 12.0. The third-order valence-corrected chi connectivity index (χ3v) is 4.07. The van der Waals surface area contributed by atoms with Crippen LogP contribution in [0.5, 0.6) is 0 Å². The summed E-state index contributed by atoms with van der Waals surface area (Å²) in [5.41, 5.74) is 0.954. The van der Waals surface area contributed by atoms with Crippen LogP contribution in [0.4, 0.5) is 0 Å². The molecule has 3 rings (SSSR count). The highest BCUT2D eigenvalue weighted by molar-refractivity contribution is 6.30. The summed E-state index contributed by atoms with van der Waals surface area (Å²) >= 11 is 5.81. The highest BCUT2D eigenvalue weighted by Gasteiger charge is 2.15. The Kier molecular flexibility index (Phi) is 5.88. The molecule has 1 heterocycles. The van der Waals surface area contributed by atoms with Crippen LogP contribution < -0.4 is 10.7 Å². The molecule has 1 amide bonds. The molecule has 0 radical (unpaired) electrons. The van der Waals surface area contributed by atoms with Crippen LogP contribution in [0.3, 0.4) is 0 Å². The molecule has 2 aromatic carbocycles. The first-order valence-corrected chi connectivity index (χ1v) is 8.62. The Bertz CT molecular complexity index is 1030. The number of hydrogen-bond donors (Lipinski definition) is 1. The summed E-state index contributed by atoms with van der Waals surface area (Å²) in [5.74, 6) is -1.56. The number of ether oxygens (including phenoxy) is 1. The average molecular weight is 386 g/mol. The van der Waals surface area contributed by atoms with E-state index in [0.29, 0.717) is 23.4 Å². The fourth-order valence-electron chi connectivity index (χ4n) is 2.46. The third-order valence-electron chi connectivity index (χ3n) is 3.82. The second-order valence-electron chi connectivity index (χ2n) is 5.77. The van der Waals surface area contributed by atoms with Crippen molar-refractivity contribution in [3.63, 3.8) is 0 Å².